The van der Waals surface area contributed by atoms with E-state index in [0.717, 1.165) is 0 Å². The number of phenols is 2. The molecule has 0 amide bonds. The molecule has 0 spiro atoms. The minimum absolute atomic E-state index is 0.549. The highest BCUT2D eigenvalue weighted by molar-refractivity contribution is 5.96. The number of aromatic carboxylic acids is 2. The molecule has 1 aromatic rings. The number of benzene rings is 1. The van der Waals surface area contributed by atoms with E-state index in [1.54, 1.807) is 0 Å². The molecule has 4 N–H and O–H groups in total. The smallest absolute Gasteiger partial charge is 0.339 e. The SMILES string of the molecule is CCCC.O=C(O)c1cc(O)c(C(=O)O)cc1O. The number of hydrogen-bond acceptors (Lipinski definition) is 4. The summed E-state index contributed by atoms with van der Waals surface area (Å²) in [6.45, 7) is 4.36. The van der Waals surface area contributed by atoms with Crippen molar-refractivity contribution in [1.82, 2.24) is 0 Å². The second-order valence-corrected chi connectivity index (χ2v) is 3.50. The molecule has 6 heteroatoms. The van der Waals surface area contributed by atoms with Crippen LogP contribution in [0.25, 0.3) is 0 Å². The van der Waals surface area contributed by atoms with Crippen LogP contribution >= 0.6 is 0 Å². The Balaban J connectivity index is 0.000000631. The lowest BCUT2D eigenvalue weighted by Crippen LogP contribution is -2.01. The van der Waals surface area contributed by atoms with Crippen molar-refractivity contribution in [3.05, 3.63) is 23.3 Å². The number of rotatable bonds is 3. The standard InChI is InChI=1S/C8H6O6.C4H10/c9-5-1-3(7(11)12)6(10)2-4(5)8(13)14;1-3-4-2/h1-2,9-10H,(H,11,12)(H,13,14);3-4H2,1-2H3. The van der Waals surface area contributed by atoms with Crippen molar-refractivity contribution in [1.29, 1.82) is 0 Å². The molecule has 1 rings (SSSR count). The average molecular weight is 256 g/mol. The van der Waals surface area contributed by atoms with Gasteiger partial charge in [-0.25, -0.2) is 9.59 Å². The van der Waals surface area contributed by atoms with Gasteiger partial charge in [0.25, 0.3) is 0 Å². The van der Waals surface area contributed by atoms with Gasteiger partial charge in [-0.3, -0.25) is 0 Å². The van der Waals surface area contributed by atoms with E-state index in [9.17, 15) is 9.59 Å². The summed E-state index contributed by atoms with van der Waals surface area (Å²) in [5.74, 6) is -4.30. The molecule has 0 saturated carbocycles. The summed E-state index contributed by atoms with van der Waals surface area (Å²) in [4.78, 5) is 20.9. The molecule has 0 bridgehead atoms. The third kappa shape index (κ3) is 4.32. The van der Waals surface area contributed by atoms with Gasteiger partial charge in [0.1, 0.15) is 22.6 Å². The number of carboxylic acid groups (broad SMARTS) is 2. The number of carboxylic acids is 2. The molecule has 0 heterocycles. The Morgan fingerprint density at radius 3 is 1.33 bits per heavy atom. The third-order valence-corrected chi connectivity index (χ3v) is 2.07. The lowest BCUT2D eigenvalue weighted by Gasteiger charge is -2.03. The fourth-order valence-electron chi connectivity index (χ4n) is 0.919. The summed E-state index contributed by atoms with van der Waals surface area (Å²) < 4.78 is 0. The Morgan fingerprint density at radius 1 is 0.889 bits per heavy atom. The maximum atomic E-state index is 10.4. The topological polar surface area (TPSA) is 115 Å². The Morgan fingerprint density at radius 2 is 1.17 bits per heavy atom. The van der Waals surface area contributed by atoms with Crippen LogP contribution in [0.5, 0.6) is 11.5 Å². The Hall–Kier alpha value is -2.24. The molecule has 0 unspecified atom stereocenters. The molecule has 0 radical (unpaired) electrons. The maximum absolute atomic E-state index is 10.4. The summed E-state index contributed by atoms with van der Waals surface area (Å²) >= 11 is 0. The van der Waals surface area contributed by atoms with Gasteiger partial charge in [0.15, 0.2) is 0 Å². The predicted molar refractivity (Wildman–Crippen MR) is 64.3 cm³/mol. The molecule has 6 nitrogen and oxygen atoms in total. The van der Waals surface area contributed by atoms with Gasteiger partial charge in [-0.2, -0.15) is 0 Å². The number of aromatic hydroxyl groups is 2. The Bertz CT molecular complexity index is 397. The van der Waals surface area contributed by atoms with Crippen molar-refractivity contribution in [2.45, 2.75) is 26.7 Å². The highest BCUT2D eigenvalue weighted by Gasteiger charge is 2.17. The largest absolute Gasteiger partial charge is 0.507 e. The van der Waals surface area contributed by atoms with Gasteiger partial charge in [0.2, 0.25) is 0 Å². The van der Waals surface area contributed by atoms with Crippen LogP contribution in [0.1, 0.15) is 47.4 Å². The van der Waals surface area contributed by atoms with Crippen molar-refractivity contribution in [2.24, 2.45) is 0 Å². The highest BCUT2D eigenvalue weighted by atomic mass is 16.4. The minimum atomic E-state index is -1.45. The van der Waals surface area contributed by atoms with Crippen molar-refractivity contribution in [3.63, 3.8) is 0 Å². The average Bonchev–Trinajstić information content (AvgIpc) is 2.31. The summed E-state index contributed by atoms with van der Waals surface area (Å²) in [6.07, 6.45) is 2.64. The molecule has 0 aliphatic carbocycles. The van der Waals surface area contributed by atoms with Crippen molar-refractivity contribution < 1.29 is 30.0 Å². The molecule has 18 heavy (non-hydrogen) atoms. The van der Waals surface area contributed by atoms with E-state index in [1.807, 2.05) is 0 Å². The fraction of sp³-hybridized carbons (Fsp3) is 0.333. The van der Waals surface area contributed by atoms with Crippen LogP contribution in [0.2, 0.25) is 0 Å². The van der Waals surface area contributed by atoms with Crippen molar-refractivity contribution in [3.8, 4) is 11.5 Å². The zero-order valence-corrected chi connectivity index (χ0v) is 10.2. The molecule has 0 saturated heterocycles. The van der Waals surface area contributed by atoms with E-state index in [1.165, 1.54) is 12.8 Å². The normalized spacial score (nSPS) is 9.22. The Labute approximate surface area is 104 Å². The molecular formula is C12H16O6. The molecule has 0 aliphatic rings. The zero-order valence-electron chi connectivity index (χ0n) is 10.2. The van der Waals surface area contributed by atoms with Gasteiger partial charge in [-0.1, -0.05) is 26.7 Å². The zero-order chi connectivity index (χ0) is 14.3. The van der Waals surface area contributed by atoms with E-state index in [4.69, 9.17) is 20.4 Å². The van der Waals surface area contributed by atoms with Crippen LogP contribution in [0, 0.1) is 0 Å². The maximum Gasteiger partial charge on any atom is 0.339 e. The lowest BCUT2D eigenvalue weighted by atomic mass is 10.1. The highest BCUT2D eigenvalue weighted by Crippen LogP contribution is 2.27. The molecular weight excluding hydrogens is 240 g/mol. The van der Waals surface area contributed by atoms with Crippen LogP contribution in [0.3, 0.4) is 0 Å². The molecule has 0 atom stereocenters. The first kappa shape index (κ1) is 15.8. The van der Waals surface area contributed by atoms with Crippen LogP contribution in [-0.2, 0) is 0 Å². The third-order valence-electron chi connectivity index (χ3n) is 2.07. The fourth-order valence-corrected chi connectivity index (χ4v) is 0.919. The molecule has 0 aromatic heterocycles. The van der Waals surface area contributed by atoms with Crippen LogP contribution in [0.4, 0.5) is 0 Å². The van der Waals surface area contributed by atoms with E-state index in [2.05, 4.69) is 13.8 Å². The number of carbonyl (C=O) groups is 2. The molecule has 1 aromatic carbocycles. The first-order chi connectivity index (χ1) is 8.34. The second kappa shape index (κ2) is 7.16. The number of hydrogen-bond donors (Lipinski definition) is 4. The van der Waals surface area contributed by atoms with E-state index in [-0.39, 0.29) is 0 Å². The van der Waals surface area contributed by atoms with Gasteiger partial charge in [-0.05, 0) is 12.1 Å². The van der Waals surface area contributed by atoms with Crippen LogP contribution in [0.15, 0.2) is 12.1 Å². The summed E-state index contributed by atoms with van der Waals surface area (Å²) in [6, 6.07) is 1.36. The van der Waals surface area contributed by atoms with Gasteiger partial charge < -0.3 is 20.4 Å². The monoisotopic (exact) mass is 256 g/mol. The van der Waals surface area contributed by atoms with Gasteiger partial charge >= 0.3 is 11.9 Å². The van der Waals surface area contributed by atoms with Gasteiger partial charge in [0.05, 0.1) is 0 Å². The molecule has 0 fully saturated rings. The van der Waals surface area contributed by atoms with Gasteiger partial charge in [-0.15, -0.1) is 0 Å². The van der Waals surface area contributed by atoms with E-state index >= 15 is 0 Å². The quantitative estimate of drug-likeness (QED) is 0.617. The predicted octanol–water partition coefficient (Wildman–Crippen LogP) is 2.30. The lowest BCUT2D eigenvalue weighted by molar-refractivity contribution is 0.0675. The number of unbranched alkanes of at least 4 members (excludes halogenated alkanes) is 1. The second-order valence-electron chi connectivity index (χ2n) is 3.50. The van der Waals surface area contributed by atoms with Crippen molar-refractivity contribution in [2.75, 3.05) is 0 Å². The van der Waals surface area contributed by atoms with Crippen LogP contribution in [-0.4, -0.2) is 32.4 Å². The van der Waals surface area contributed by atoms with E-state index < -0.39 is 34.6 Å². The summed E-state index contributed by atoms with van der Waals surface area (Å²) in [5.41, 5.74) is -1.10. The Kier molecular flexibility index (Phi) is 6.27. The molecule has 0 aliphatic heterocycles. The first-order valence-electron chi connectivity index (χ1n) is 5.37. The summed E-state index contributed by atoms with van der Waals surface area (Å²) in [5, 5.41) is 35.2. The van der Waals surface area contributed by atoms with Crippen molar-refractivity contribution >= 4 is 11.9 Å². The summed E-state index contributed by atoms with van der Waals surface area (Å²) in [7, 11) is 0. The molecule has 100 valence electrons. The first-order valence-corrected chi connectivity index (χ1v) is 5.37. The van der Waals surface area contributed by atoms with Gasteiger partial charge in [0, 0.05) is 0 Å². The minimum Gasteiger partial charge on any atom is -0.507 e. The van der Waals surface area contributed by atoms with E-state index in [0.29, 0.717) is 12.1 Å². The van der Waals surface area contributed by atoms with Crippen LogP contribution < -0.4 is 0 Å².